The number of hydrogen-bond donors (Lipinski definition) is 1. The summed E-state index contributed by atoms with van der Waals surface area (Å²) in [6.45, 7) is 3.29. The summed E-state index contributed by atoms with van der Waals surface area (Å²) in [5.41, 5.74) is 1.00. The van der Waals surface area contributed by atoms with Crippen LogP contribution in [-0.4, -0.2) is 13.6 Å². The van der Waals surface area contributed by atoms with Crippen molar-refractivity contribution in [3.63, 3.8) is 0 Å². The van der Waals surface area contributed by atoms with E-state index in [0.29, 0.717) is 7.28 Å². The van der Waals surface area contributed by atoms with E-state index < -0.39 is 0 Å². The highest BCUT2D eigenvalue weighted by molar-refractivity contribution is 9.37. The van der Waals surface area contributed by atoms with Crippen molar-refractivity contribution in [2.45, 2.75) is 13.3 Å². The van der Waals surface area contributed by atoms with Crippen LogP contribution in [0.25, 0.3) is 0 Å². The maximum absolute atomic E-state index is 4.95. The van der Waals surface area contributed by atoms with E-state index in [1.807, 2.05) is 19.2 Å². The average Bonchev–Trinajstić information content (AvgIpc) is 2.58. The van der Waals surface area contributed by atoms with Crippen molar-refractivity contribution in [1.29, 1.82) is 0 Å². The maximum atomic E-state index is 4.95. The third-order valence-electron chi connectivity index (χ3n) is 1.11. The van der Waals surface area contributed by atoms with Gasteiger partial charge in [0.15, 0.2) is 0 Å². The molecule has 1 aromatic heterocycles. The van der Waals surface area contributed by atoms with E-state index in [4.69, 9.17) is 4.42 Å². The van der Waals surface area contributed by atoms with E-state index in [-0.39, 0.29) is 0 Å². The molecule has 1 atom stereocenters. The fourth-order valence-corrected chi connectivity index (χ4v) is 1.53. The third-order valence-corrected chi connectivity index (χ3v) is 2.76. The summed E-state index contributed by atoms with van der Waals surface area (Å²) in [5, 5.41) is 3.02. The maximum Gasteiger partial charge on any atom is 0.133 e. The van der Waals surface area contributed by atoms with Crippen molar-refractivity contribution in [2.75, 3.05) is 13.6 Å². The van der Waals surface area contributed by atoms with Crippen LogP contribution in [0.15, 0.2) is 22.8 Å². The van der Waals surface area contributed by atoms with E-state index in [2.05, 4.69) is 27.7 Å². The zero-order chi connectivity index (χ0) is 9.23. The van der Waals surface area contributed by atoms with Crippen LogP contribution in [0.5, 0.6) is 0 Å². The first-order valence-corrected chi connectivity index (χ1v) is 7.15. The third kappa shape index (κ3) is 6.84. The fraction of sp³-hybridized carbons (Fsp3) is 0.500. The van der Waals surface area contributed by atoms with Gasteiger partial charge in [-0.05, 0) is 32.1 Å². The van der Waals surface area contributed by atoms with Gasteiger partial charge in [0.2, 0.25) is 0 Å². The van der Waals surface area contributed by atoms with Crippen molar-refractivity contribution < 1.29 is 4.42 Å². The standard InChI is InChI=1S/C4H4BrOP.C4H11N/c5-7-4-2-1-3-6-4;1-3-4-5-2/h1-3,7H;5H,3-4H2,1-2H3. The Bertz CT molecular complexity index is 166. The van der Waals surface area contributed by atoms with Gasteiger partial charge in [-0.1, -0.05) is 22.4 Å². The Morgan fingerprint density at radius 1 is 1.67 bits per heavy atom. The van der Waals surface area contributed by atoms with Gasteiger partial charge in [0.05, 0.1) is 6.26 Å². The van der Waals surface area contributed by atoms with Gasteiger partial charge in [0.1, 0.15) is 5.50 Å². The molecule has 1 unspecified atom stereocenters. The number of rotatable bonds is 3. The summed E-state index contributed by atoms with van der Waals surface area (Å²) in [7, 11) is 2.56. The molecule has 2 nitrogen and oxygen atoms in total. The SMILES string of the molecule is BrPc1ccco1.CCCNC. The minimum absolute atomic E-state index is 0.600. The lowest BCUT2D eigenvalue weighted by Crippen LogP contribution is -2.04. The van der Waals surface area contributed by atoms with Gasteiger partial charge >= 0.3 is 0 Å². The molecule has 1 rings (SSSR count). The summed E-state index contributed by atoms with van der Waals surface area (Å²) in [5.74, 6) is 0. The zero-order valence-electron chi connectivity index (χ0n) is 7.43. The van der Waals surface area contributed by atoms with Crippen LogP contribution in [0.3, 0.4) is 0 Å². The molecule has 0 aliphatic carbocycles. The Morgan fingerprint density at radius 3 is 2.58 bits per heavy atom. The molecule has 0 spiro atoms. The van der Waals surface area contributed by atoms with E-state index in [1.165, 1.54) is 6.42 Å². The van der Waals surface area contributed by atoms with Gasteiger partial charge in [0.25, 0.3) is 0 Å². The molecule has 0 aromatic carbocycles. The topological polar surface area (TPSA) is 25.2 Å². The van der Waals surface area contributed by atoms with Crippen LogP contribution in [0.1, 0.15) is 13.3 Å². The van der Waals surface area contributed by atoms with Crippen LogP contribution in [-0.2, 0) is 0 Å². The molecule has 0 saturated heterocycles. The van der Waals surface area contributed by atoms with Crippen LogP contribution < -0.4 is 10.8 Å². The molecule has 1 aromatic rings. The Balaban J connectivity index is 0.000000217. The Morgan fingerprint density at radius 2 is 2.42 bits per heavy atom. The van der Waals surface area contributed by atoms with Crippen molar-refractivity contribution in [1.82, 2.24) is 5.32 Å². The monoisotopic (exact) mass is 251 g/mol. The first-order chi connectivity index (χ1) is 5.85. The predicted molar refractivity (Wildman–Crippen MR) is 59.8 cm³/mol. The zero-order valence-corrected chi connectivity index (χ0v) is 10.0. The quantitative estimate of drug-likeness (QED) is 0.836. The molecule has 70 valence electrons. The summed E-state index contributed by atoms with van der Waals surface area (Å²) in [6.07, 6.45) is 2.90. The number of halogens is 1. The summed E-state index contributed by atoms with van der Waals surface area (Å²) >= 11 is 3.27. The van der Waals surface area contributed by atoms with Gasteiger partial charge in [-0.3, -0.25) is 0 Å². The van der Waals surface area contributed by atoms with Crippen LogP contribution >= 0.6 is 22.8 Å². The van der Waals surface area contributed by atoms with Crippen molar-refractivity contribution in [3.05, 3.63) is 18.4 Å². The van der Waals surface area contributed by atoms with Crippen LogP contribution in [0.2, 0.25) is 0 Å². The molecule has 0 saturated carbocycles. The summed E-state index contributed by atoms with van der Waals surface area (Å²) in [6, 6.07) is 3.82. The molecular weight excluding hydrogens is 237 g/mol. The average molecular weight is 252 g/mol. The van der Waals surface area contributed by atoms with Crippen LogP contribution in [0.4, 0.5) is 0 Å². The molecule has 1 N–H and O–H groups in total. The minimum Gasteiger partial charge on any atom is -0.464 e. The summed E-state index contributed by atoms with van der Waals surface area (Å²) in [4.78, 5) is 0. The molecule has 0 radical (unpaired) electrons. The lowest BCUT2D eigenvalue weighted by molar-refractivity contribution is 0.604. The second kappa shape index (κ2) is 9.24. The van der Waals surface area contributed by atoms with Gasteiger partial charge in [-0.15, -0.1) is 0 Å². The molecule has 0 bridgehead atoms. The second-order valence-electron chi connectivity index (χ2n) is 2.18. The molecule has 0 aliphatic rings. The van der Waals surface area contributed by atoms with E-state index >= 15 is 0 Å². The lowest BCUT2D eigenvalue weighted by atomic mass is 10.5. The molecule has 0 fully saturated rings. The predicted octanol–water partition coefficient (Wildman–Crippen LogP) is 2.51. The van der Waals surface area contributed by atoms with Crippen molar-refractivity contribution >= 4 is 28.3 Å². The molecule has 0 aliphatic heterocycles. The van der Waals surface area contributed by atoms with E-state index in [1.54, 1.807) is 6.26 Å². The molecule has 0 amide bonds. The number of nitrogens with one attached hydrogen (secondary N) is 1. The Labute approximate surface area is 83.6 Å². The molecule has 1 heterocycles. The van der Waals surface area contributed by atoms with E-state index in [0.717, 1.165) is 12.0 Å². The smallest absolute Gasteiger partial charge is 0.133 e. The highest BCUT2D eigenvalue weighted by Gasteiger charge is 1.85. The normalized spacial score (nSPS) is 9.92. The Kier molecular flexibility index (Phi) is 9.36. The first kappa shape index (κ1) is 12.2. The van der Waals surface area contributed by atoms with Crippen LogP contribution in [0, 0.1) is 0 Å². The first-order valence-electron chi connectivity index (χ1n) is 3.89. The minimum atomic E-state index is 0.600. The fourth-order valence-electron chi connectivity index (χ4n) is 0.582. The Hall–Kier alpha value is 0.150. The van der Waals surface area contributed by atoms with Gasteiger partial charge in [0, 0.05) is 7.28 Å². The highest BCUT2D eigenvalue weighted by Crippen LogP contribution is 2.17. The highest BCUT2D eigenvalue weighted by atomic mass is 79.9. The largest absolute Gasteiger partial charge is 0.464 e. The number of furan rings is 1. The second-order valence-corrected chi connectivity index (χ2v) is 4.05. The summed E-state index contributed by atoms with van der Waals surface area (Å²) < 4.78 is 4.95. The van der Waals surface area contributed by atoms with Crippen molar-refractivity contribution in [3.8, 4) is 0 Å². The van der Waals surface area contributed by atoms with Gasteiger partial charge in [-0.2, -0.15) is 0 Å². The number of hydrogen-bond acceptors (Lipinski definition) is 2. The van der Waals surface area contributed by atoms with Gasteiger partial charge < -0.3 is 9.73 Å². The molecular formula is C8H15BrNOP. The molecule has 4 heteroatoms. The lowest BCUT2D eigenvalue weighted by Gasteiger charge is -1.84. The molecule has 12 heavy (non-hydrogen) atoms. The van der Waals surface area contributed by atoms with Crippen molar-refractivity contribution in [2.24, 2.45) is 0 Å². The van der Waals surface area contributed by atoms with Gasteiger partial charge in [-0.25, -0.2) is 0 Å². The van der Waals surface area contributed by atoms with E-state index in [9.17, 15) is 0 Å².